The van der Waals surface area contributed by atoms with E-state index in [1.54, 1.807) is 60.7 Å². The number of aromatic nitrogens is 1. The third-order valence-electron chi connectivity index (χ3n) is 7.69. The molecule has 48 heavy (non-hydrogen) atoms. The Morgan fingerprint density at radius 1 is 1.00 bits per heavy atom. The Morgan fingerprint density at radius 2 is 1.77 bits per heavy atom. The highest BCUT2D eigenvalue weighted by Crippen LogP contribution is 2.36. The van der Waals surface area contributed by atoms with Crippen molar-refractivity contribution in [3.8, 4) is 11.5 Å². The molecule has 6 rings (SSSR count). The lowest BCUT2D eigenvalue weighted by Crippen LogP contribution is -2.40. The Morgan fingerprint density at radius 3 is 2.46 bits per heavy atom. The molecule has 11 heteroatoms. The first kappa shape index (κ1) is 33.6. The van der Waals surface area contributed by atoms with Gasteiger partial charge in [-0.15, -0.1) is 11.8 Å². The molecular weight excluding hydrogens is 687 g/mol. The summed E-state index contributed by atoms with van der Waals surface area (Å²) < 4.78 is 19.3. The van der Waals surface area contributed by atoms with Crippen molar-refractivity contribution in [2.24, 2.45) is 4.99 Å². The van der Waals surface area contributed by atoms with Crippen LogP contribution in [-0.4, -0.2) is 30.5 Å². The van der Waals surface area contributed by atoms with Crippen LogP contribution < -0.4 is 24.4 Å². The van der Waals surface area contributed by atoms with Crippen LogP contribution >= 0.6 is 46.3 Å². The van der Waals surface area contributed by atoms with E-state index in [1.165, 1.54) is 11.3 Å². The molecule has 0 N–H and O–H groups in total. The van der Waals surface area contributed by atoms with Crippen molar-refractivity contribution >= 4 is 64.0 Å². The average Bonchev–Trinajstić information content (AvgIpc) is 3.41. The lowest BCUT2D eigenvalue weighted by atomic mass is 9.93. The van der Waals surface area contributed by atoms with Gasteiger partial charge in [0.15, 0.2) is 16.3 Å². The summed E-state index contributed by atoms with van der Waals surface area (Å²) in [5, 5.41) is 1.05. The fourth-order valence-electron chi connectivity index (χ4n) is 5.38. The minimum Gasteiger partial charge on any atom is -0.493 e. The zero-order chi connectivity index (χ0) is 33.8. The van der Waals surface area contributed by atoms with Crippen molar-refractivity contribution in [1.82, 2.24) is 4.57 Å². The molecule has 1 aliphatic rings. The lowest BCUT2D eigenvalue weighted by Gasteiger charge is -2.26. The number of thiazole rings is 1. The summed E-state index contributed by atoms with van der Waals surface area (Å²) in [5.74, 6) is 0.486. The maximum Gasteiger partial charge on any atom is 0.338 e. The van der Waals surface area contributed by atoms with Crippen LogP contribution in [0.4, 0.5) is 0 Å². The first-order chi connectivity index (χ1) is 23.3. The summed E-state index contributed by atoms with van der Waals surface area (Å²) in [5.41, 5.74) is 3.54. The van der Waals surface area contributed by atoms with Crippen LogP contribution in [0.25, 0.3) is 11.8 Å². The van der Waals surface area contributed by atoms with Crippen molar-refractivity contribution in [1.29, 1.82) is 0 Å². The molecule has 1 aromatic heterocycles. The molecule has 1 atom stereocenters. The summed E-state index contributed by atoms with van der Waals surface area (Å²) in [6.07, 6.45) is 3.79. The molecule has 4 aromatic carbocycles. The van der Waals surface area contributed by atoms with E-state index in [2.05, 4.69) is 0 Å². The molecule has 0 bridgehead atoms. The van der Waals surface area contributed by atoms with Crippen LogP contribution in [-0.2, 0) is 16.1 Å². The van der Waals surface area contributed by atoms with Crippen molar-refractivity contribution < 1.29 is 19.0 Å². The maximum atomic E-state index is 14.3. The van der Waals surface area contributed by atoms with Gasteiger partial charge in [-0.25, -0.2) is 9.79 Å². The summed E-state index contributed by atoms with van der Waals surface area (Å²) in [7, 11) is 1.56. The molecular formula is C37H30Cl2N2O5S2. The lowest BCUT2D eigenvalue weighted by molar-refractivity contribution is -0.138. The second-order valence-electron chi connectivity index (χ2n) is 10.6. The maximum absolute atomic E-state index is 14.3. The van der Waals surface area contributed by atoms with Gasteiger partial charge in [-0.3, -0.25) is 9.36 Å². The van der Waals surface area contributed by atoms with Gasteiger partial charge < -0.3 is 14.2 Å². The number of fused-ring (bicyclic) bond motifs is 1. The second-order valence-corrected chi connectivity index (χ2v) is 13.4. The number of ether oxygens (including phenoxy) is 3. The van der Waals surface area contributed by atoms with Crippen LogP contribution in [0, 0.1) is 0 Å². The fourth-order valence-corrected chi connectivity index (χ4v) is 7.25. The van der Waals surface area contributed by atoms with Gasteiger partial charge in [-0.05, 0) is 66.8 Å². The molecule has 244 valence electrons. The largest absolute Gasteiger partial charge is 0.493 e. The summed E-state index contributed by atoms with van der Waals surface area (Å²) in [6, 6.07) is 27.3. The number of esters is 1. The van der Waals surface area contributed by atoms with E-state index in [0.717, 1.165) is 27.1 Å². The number of halogens is 2. The zero-order valence-corrected chi connectivity index (χ0v) is 29.4. The van der Waals surface area contributed by atoms with Crippen molar-refractivity contribution in [3.63, 3.8) is 0 Å². The number of methoxy groups -OCH3 is 1. The second kappa shape index (κ2) is 14.9. The highest BCUT2D eigenvalue weighted by Gasteiger charge is 2.35. The minimum atomic E-state index is -0.751. The minimum absolute atomic E-state index is 0.182. The molecule has 0 saturated carbocycles. The van der Waals surface area contributed by atoms with Crippen LogP contribution in [0.3, 0.4) is 0 Å². The number of hydrogen-bond acceptors (Lipinski definition) is 8. The Labute approximate surface area is 295 Å². The normalized spacial score (nSPS) is 14.4. The molecule has 0 fully saturated rings. The number of carbonyl (C=O) groups excluding carboxylic acids is 1. The third-order valence-corrected chi connectivity index (χ3v) is 10.0. The molecule has 7 nitrogen and oxygen atoms in total. The predicted octanol–water partition coefficient (Wildman–Crippen LogP) is 7.55. The number of nitrogens with zero attached hydrogens (tertiary/aromatic N) is 2. The molecule has 0 aliphatic carbocycles. The van der Waals surface area contributed by atoms with Gasteiger partial charge in [0.05, 0.1) is 35.6 Å². The van der Waals surface area contributed by atoms with Crippen LogP contribution in [0.5, 0.6) is 11.5 Å². The van der Waals surface area contributed by atoms with Gasteiger partial charge in [-0.2, -0.15) is 0 Å². The molecule has 0 spiro atoms. The van der Waals surface area contributed by atoms with E-state index in [4.69, 9.17) is 42.4 Å². The molecule has 0 amide bonds. The summed E-state index contributed by atoms with van der Waals surface area (Å²) in [4.78, 5) is 34.4. The van der Waals surface area contributed by atoms with Crippen LogP contribution in [0.2, 0.25) is 10.0 Å². The number of hydrogen-bond donors (Lipinski definition) is 0. The monoisotopic (exact) mass is 716 g/mol. The van der Waals surface area contributed by atoms with Gasteiger partial charge in [-0.1, -0.05) is 89.1 Å². The van der Waals surface area contributed by atoms with E-state index in [1.807, 2.05) is 73.0 Å². The Hall–Kier alpha value is -4.28. The molecule has 0 saturated heterocycles. The topological polar surface area (TPSA) is 79.1 Å². The first-order valence-electron chi connectivity index (χ1n) is 15.0. The smallest absolute Gasteiger partial charge is 0.338 e. The number of rotatable bonds is 10. The number of carbonyl (C=O) groups is 1. The van der Waals surface area contributed by atoms with Crippen LogP contribution in [0.15, 0.2) is 111 Å². The molecule has 1 aliphatic heterocycles. The van der Waals surface area contributed by atoms with Gasteiger partial charge >= 0.3 is 5.97 Å². The Kier molecular flexibility index (Phi) is 10.4. The molecule has 2 heterocycles. The highest BCUT2D eigenvalue weighted by atomic mass is 35.5. The van der Waals surface area contributed by atoms with Gasteiger partial charge in [0.1, 0.15) is 6.61 Å². The first-order valence-corrected chi connectivity index (χ1v) is 17.8. The van der Waals surface area contributed by atoms with Gasteiger partial charge in [0.25, 0.3) is 5.56 Å². The quantitative estimate of drug-likeness (QED) is 0.110. The fraction of sp³-hybridized carbons (Fsp3) is 0.162. The van der Waals surface area contributed by atoms with Crippen molar-refractivity contribution in [2.45, 2.75) is 24.5 Å². The number of thioether (sulfide) groups is 1. The standard InChI is InChI=1S/C37H30Cl2N2O5S2/c1-4-45-36(43)32-33(23-8-6-5-7-9-23)40-37-41(34(32)24-12-15-27(47-3)16-13-24)35(42)31(48-37)19-22-10-17-29(30(18-22)44-2)46-21-25-11-14-26(38)20-28(25)39/h5-20,34H,4,21H2,1-3H3/b31-19-/t34-/m0/s1. The van der Waals surface area contributed by atoms with Gasteiger partial charge in [0, 0.05) is 26.1 Å². The van der Waals surface area contributed by atoms with Crippen LogP contribution in [0.1, 0.15) is 35.2 Å². The Bertz CT molecular complexity index is 2200. The van der Waals surface area contributed by atoms with Crippen molar-refractivity contribution in [3.05, 3.63) is 149 Å². The number of benzene rings is 4. The summed E-state index contributed by atoms with van der Waals surface area (Å²) >= 11 is 15.2. The van der Waals surface area contributed by atoms with E-state index in [-0.39, 0.29) is 18.8 Å². The van der Waals surface area contributed by atoms with E-state index >= 15 is 0 Å². The summed E-state index contributed by atoms with van der Waals surface area (Å²) in [6.45, 7) is 2.16. The average molecular weight is 718 g/mol. The van der Waals surface area contributed by atoms with E-state index < -0.39 is 12.0 Å². The van der Waals surface area contributed by atoms with E-state index in [9.17, 15) is 9.59 Å². The highest BCUT2D eigenvalue weighted by molar-refractivity contribution is 7.98. The third kappa shape index (κ3) is 6.96. The molecule has 0 unspecified atom stereocenters. The molecule has 0 radical (unpaired) electrons. The van der Waals surface area contributed by atoms with Gasteiger partial charge in [0.2, 0.25) is 0 Å². The zero-order valence-electron chi connectivity index (χ0n) is 26.2. The Balaban J connectivity index is 1.46. The molecule has 5 aromatic rings. The van der Waals surface area contributed by atoms with E-state index in [0.29, 0.717) is 42.1 Å². The SMILES string of the molecule is CCOC(=O)C1=C(c2ccccc2)N=c2s/c(=C\c3ccc(OCc4ccc(Cl)cc4Cl)c(OC)c3)c(=O)n2[C@H]1c1ccc(SC)cc1. The predicted molar refractivity (Wildman–Crippen MR) is 193 cm³/mol. The van der Waals surface area contributed by atoms with Crippen molar-refractivity contribution in [2.75, 3.05) is 20.0 Å².